The Labute approximate surface area is 222 Å². The summed E-state index contributed by atoms with van der Waals surface area (Å²) in [5.41, 5.74) is 5.45. The molecule has 0 aromatic rings. The van der Waals surface area contributed by atoms with Gasteiger partial charge in [0.15, 0.2) is 0 Å². The van der Waals surface area contributed by atoms with E-state index < -0.39 is 14.4 Å². The van der Waals surface area contributed by atoms with Gasteiger partial charge in [-0.05, 0) is 77.8 Å². The summed E-state index contributed by atoms with van der Waals surface area (Å²) in [6.45, 7) is 6.94. The van der Waals surface area contributed by atoms with Gasteiger partial charge >= 0.3 is 8.25 Å². The fourth-order valence-corrected chi connectivity index (χ4v) is 4.64. The van der Waals surface area contributed by atoms with Crippen LogP contribution in [0.25, 0.3) is 0 Å². The minimum Gasteiger partial charge on any atom is -0.394 e. The predicted octanol–water partition coefficient (Wildman–Crippen LogP) is -0.0309. The number of amides is 2. The number of nitrogens with two attached hydrogens (primary N) is 1. The predicted molar refractivity (Wildman–Crippen MR) is 144 cm³/mol. The van der Waals surface area contributed by atoms with E-state index in [9.17, 15) is 19.3 Å². The van der Waals surface area contributed by atoms with Crippen molar-refractivity contribution in [3.63, 3.8) is 0 Å². The number of hydrogen-bond donors (Lipinski definition) is 7. The Morgan fingerprint density at radius 2 is 1.49 bits per heavy atom. The number of nitrogens with one attached hydrogen (secondary N) is 4. The second-order valence-electron chi connectivity index (χ2n) is 9.45. The monoisotopic (exact) mass is 549 g/mol. The summed E-state index contributed by atoms with van der Waals surface area (Å²) < 4.78 is 15.7. The highest BCUT2D eigenvalue weighted by Crippen LogP contribution is 2.28. The quantitative estimate of drug-likeness (QED) is 0.0639. The van der Waals surface area contributed by atoms with E-state index in [-0.39, 0.29) is 31.0 Å². The van der Waals surface area contributed by atoms with Gasteiger partial charge in [-0.1, -0.05) is 6.42 Å². The summed E-state index contributed by atoms with van der Waals surface area (Å²) in [5, 5.41) is 22.5. The van der Waals surface area contributed by atoms with Gasteiger partial charge in [0, 0.05) is 36.9 Å². The molecule has 37 heavy (non-hydrogen) atoms. The molecular formula is C24H50N6O6P+. The molecule has 12 nitrogen and oxygen atoms in total. The average molecular weight is 550 g/mol. The molecule has 1 heterocycles. The van der Waals surface area contributed by atoms with Crippen molar-refractivity contribution in [2.45, 2.75) is 76.4 Å². The molecule has 1 saturated heterocycles. The van der Waals surface area contributed by atoms with Gasteiger partial charge in [0.05, 0.1) is 19.2 Å². The van der Waals surface area contributed by atoms with E-state index in [1.165, 1.54) is 6.42 Å². The van der Waals surface area contributed by atoms with E-state index in [1.54, 1.807) is 4.90 Å². The number of unbranched alkanes of at least 4 members (excludes halogenated alkanes) is 3. The Morgan fingerprint density at radius 1 is 0.865 bits per heavy atom. The molecule has 1 fully saturated rings. The SMILES string of the molecule is NCCCNCCCCNCCCNCCC(=O)NCCCCCC(=O)N1CC(O[P+](=O)O)CC1CO. The molecule has 1 aliphatic rings. The number of aliphatic hydroxyl groups is 1. The zero-order chi connectivity index (χ0) is 27.1. The molecule has 3 unspecified atom stereocenters. The summed E-state index contributed by atoms with van der Waals surface area (Å²) in [6, 6.07) is -0.374. The zero-order valence-electron chi connectivity index (χ0n) is 22.3. The summed E-state index contributed by atoms with van der Waals surface area (Å²) in [6.07, 6.45) is 7.30. The molecule has 1 aliphatic heterocycles. The fourth-order valence-electron chi connectivity index (χ4n) is 4.24. The number of aliphatic hydroxyl groups excluding tert-OH is 1. The Morgan fingerprint density at radius 3 is 2.14 bits per heavy atom. The van der Waals surface area contributed by atoms with Gasteiger partial charge in [-0.25, -0.2) is 0 Å². The van der Waals surface area contributed by atoms with E-state index in [1.807, 2.05) is 0 Å². The third-order valence-electron chi connectivity index (χ3n) is 6.29. The topological polar surface area (TPSA) is 178 Å². The Kier molecular flexibility index (Phi) is 20.7. The zero-order valence-corrected chi connectivity index (χ0v) is 23.2. The fraction of sp³-hybridized carbons (Fsp3) is 0.917. The minimum absolute atomic E-state index is 0.0258. The normalized spacial score (nSPS) is 17.8. The van der Waals surface area contributed by atoms with Crippen LogP contribution in [0.4, 0.5) is 0 Å². The highest BCUT2D eigenvalue weighted by molar-refractivity contribution is 7.32. The van der Waals surface area contributed by atoms with Crippen molar-refractivity contribution in [1.29, 1.82) is 0 Å². The van der Waals surface area contributed by atoms with Crippen LogP contribution in [0.3, 0.4) is 0 Å². The number of hydrogen-bond acceptors (Lipinski definition) is 9. The number of nitrogens with zero attached hydrogens (tertiary/aromatic N) is 1. The van der Waals surface area contributed by atoms with Crippen molar-refractivity contribution in [3.05, 3.63) is 0 Å². The van der Waals surface area contributed by atoms with Crippen LogP contribution < -0.4 is 27.0 Å². The Hall–Kier alpha value is -1.24. The van der Waals surface area contributed by atoms with Crippen molar-refractivity contribution < 1.29 is 28.7 Å². The van der Waals surface area contributed by atoms with Gasteiger partial charge in [0.25, 0.3) is 0 Å². The first-order valence-electron chi connectivity index (χ1n) is 13.8. The number of carbonyl (C=O) groups excluding carboxylic acids is 2. The molecule has 0 aliphatic carbocycles. The van der Waals surface area contributed by atoms with Gasteiger partial charge in [0.2, 0.25) is 11.8 Å². The van der Waals surface area contributed by atoms with E-state index in [0.29, 0.717) is 38.8 Å². The minimum atomic E-state index is -2.72. The molecule has 0 aromatic heterocycles. The Balaban J connectivity index is 1.90. The molecule has 216 valence electrons. The third-order valence-corrected chi connectivity index (χ3v) is 6.77. The molecule has 0 spiro atoms. The maximum absolute atomic E-state index is 12.4. The standard InChI is InChI=1S/C24H49N6O6P/c25-10-6-13-26-11-4-5-12-27-14-7-15-28-17-9-23(32)29-16-3-1-2-8-24(33)30-19-22(36-37(34)35)18-21(30)20-31/h21-22,26-28,31H,1-20,25H2,(H-,29,32,34,35)/p+1. The van der Waals surface area contributed by atoms with Crippen molar-refractivity contribution in [1.82, 2.24) is 26.2 Å². The lowest BCUT2D eigenvalue weighted by atomic mass is 10.1. The van der Waals surface area contributed by atoms with Crippen LogP contribution in [0.1, 0.15) is 64.2 Å². The van der Waals surface area contributed by atoms with Gasteiger partial charge in [0.1, 0.15) is 6.10 Å². The number of rotatable bonds is 24. The molecule has 0 radical (unpaired) electrons. The number of likely N-dealkylation sites (tertiary alicyclic amines) is 1. The lowest BCUT2D eigenvalue weighted by Crippen LogP contribution is -2.37. The molecule has 3 atom stereocenters. The van der Waals surface area contributed by atoms with Crippen molar-refractivity contribution in [2.75, 3.05) is 65.5 Å². The highest BCUT2D eigenvalue weighted by atomic mass is 31.1. The van der Waals surface area contributed by atoms with E-state index in [4.69, 9.17) is 15.2 Å². The smallest absolute Gasteiger partial charge is 0.394 e. The van der Waals surface area contributed by atoms with E-state index >= 15 is 0 Å². The second-order valence-corrected chi connectivity index (χ2v) is 10.1. The summed E-state index contributed by atoms with van der Waals surface area (Å²) >= 11 is 0. The second kappa shape index (κ2) is 22.7. The summed E-state index contributed by atoms with van der Waals surface area (Å²) in [5.74, 6) is -0.0622. The maximum atomic E-state index is 12.4. The van der Waals surface area contributed by atoms with Crippen LogP contribution in [0.15, 0.2) is 0 Å². The lowest BCUT2D eigenvalue weighted by molar-refractivity contribution is -0.133. The van der Waals surface area contributed by atoms with Crippen LogP contribution >= 0.6 is 8.25 Å². The first-order chi connectivity index (χ1) is 18.0. The van der Waals surface area contributed by atoms with Crippen LogP contribution in [-0.4, -0.2) is 104 Å². The van der Waals surface area contributed by atoms with Gasteiger partial charge in [-0.2, -0.15) is 0 Å². The third kappa shape index (κ3) is 17.8. The molecule has 1 rings (SSSR count). The van der Waals surface area contributed by atoms with Crippen LogP contribution in [0.2, 0.25) is 0 Å². The maximum Gasteiger partial charge on any atom is 0.695 e. The summed E-state index contributed by atoms with van der Waals surface area (Å²) in [7, 11) is -2.72. The lowest BCUT2D eigenvalue weighted by Gasteiger charge is -2.22. The molecule has 8 N–H and O–H groups in total. The van der Waals surface area contributed by atoms with Gasteiger partial charge in [-0.15, -0.1) is 9.42 Å². The molecule has 13 heteroatoms. The molecule has 0 saturated carbocycles. The van der Waals surface area contributed by atoms with Crippen molar-refractivity contribution in [2.24, 2.45) is 5.73 Å². The van der Waals surface area contributed by atoms with E-state index in [2.05, 4.69) is 21.3 Å². The first kappa shape index (κ1) is 33.8. The van der Waals surface area contributed by atoms with Crippen LogP contribution in [0.5, 0.6) is 0 Å². The first-order valence-corrected chi connectivity index (χ1v) is 14.9. The van der Waals surface area contributed by atoms with Gasteiger partial charge in [-0.3, -0.25) is 9.59 Å². The summed E-state index contributed by atoms with van der Waals surface area (Å²) in [4.78, 5) is 34.8. The molecular weight excluding hydrogens is 499 g/mol. The Bertz CT molecular complexity index is 633. The van der Waals surface area contributed by atoms with Crippen LogP contribution in [-0.2, 0) is 18.7 Å². The number of carbonyl (C=O) groups is 2. The van der Waals surface area contributed by atoms with Gasteiger partial charge < -0.3 is 37.0 Å². The highest BCUT2D eigenvalue weighted by Gasteiger charge is 2.39. The molecule has 2 amide bonds. The van der Waals surface area contributed by atoms with Crippen LogP contribution in [0, 0.1) is 0 Å². The van der Waals surface area contributed by atoms with Crippen molar-refractivity contribution in [3.8, 4) is 0 Å². The van der Waals surface area contributed by atoms with Crippen molar-refractivity contribution >= 4 is 20.1 Å². The average Bonchev–Trinajstić information content (AvgIpc) is 3.28. The molecule has 0 bridgehead atoms. The van der Waals surface area contributed by atoms with E-state index in [0.717, 1.165) is 71.4 Å². The largest absolute Gasteiger partial charge is 0.695 e. The molecule has 0 aromatic carbocycles.